The predicted octanol–water partition coefficient (Wildman–Crippen LogP) is 6.23. The van der Waals surface area contributed by atoms with Gasteiger partial charge in [-0.05, 0) is 32.1 Å². The lowest BCUT2D eigenvalue weighted by Crippen LogP contribution is -2.31. The van der Waals surface area contributed by atoms with Crippen LogP contribution in [0.25, 0.3) is 0 Å². The third-order valence-electron chi connectivity index (χ3n) is 5.62. The molecule has 0 radical (unpaired) electrons. The molecule has 0 spiro atoms. The Balaban J connectivity index is 4.00. The van der Waals surface area contributed by atoms with Gasteiger partial charge in [-0.15, -0.1) is 0 Å². The average Bonchev–Trinajstić information content (AvgIpc) is 2.86. The summed E-state index contributed by atoms with van der Waals surface area (Å²) in [7, 11) is -4.34. The van der Waals surface area contributed by atoms with Crippen molar-refractivity contribution in [2.75, 3.05) is 26.4 Å². The van der Waals surface area contributed by atoms with E-state index >= 15 is 0 Å². The average molecular weight is 550 g/mol. The maximum absolute atomic E-state index is 12.1. The lowest BCUT2D eigenvalue weighted by atomic mass is 10.1. The van der Waals surface area contributed by atoms with Gasteiger partial charge in [0.15, 0.2) is 6.10 Å². The molecule has 0 aliphatic carbocycles. The van der Waals surface area contributed by atoms with Gasteiger partial charge in [-0.3, -0.25) is 18.6 Å². The van der Waals surface area contributed by atoms with Crippen molar-refractivity contribution < 1.29 is 37.6 Å². The topological polar surface area (TPSA) is 134 Å². The second kappa shape index (κ2) is 23.8. The highest BCUT2D eigenvalue weighted by Gasteiger charge is 2.26. The molecule has 0 aromatic heterocycles. The first-order chi connectivity index (χ1) is 17.7. The van der Waals surface area contributed by atoms with Crippen LogP contribution < -0.4 is 5.73 Å². The fraction of sp³-hybridized carbons (Fsp3) is 0.852. The number of phosphoric ester groups is 1. The first kappa shape index (κ1) is 35.8. The van der Waals surface area contributed by atoms with E-state index < -0.39 is 38.4 Å². The van der Waals surface area contributed by atoms with Crippen LogP contribution in [0.1, 0.15) is 111 Å². The van der Waals surface area contributed by atoms with Crippen LogP contribution in [-0.2, 0) is 32.7 Å². The Bertz CT molecular complexity index is 656. The minimum absolute atomic E-state index is 0.0492. The number of carbonyl (C=O) groups is 2. The number of carbonyl (C=O) groups excluding carboxylic acids is 2. The standard InChI is InChI=1S/C27H52NO8P/c1-4-5-6-7-8-9-10-11-12-13-14-15-16-17-18-19-26(29)33-22-25(36-27(30)24(2)3)23-35-37(31,32)34-21-20-28/h11-12,24-25H,4-10,13-23,28H2,1-3H3,(H,31,32)/b12-11-/t25-/m1/s1. The van der Waals surface area contributed by atoms with Crippen LogP contribution in [0.4, 0.5) is 0 Å². The van der Waals surface area contributed by atoms with Crippen molar-refractivity contribution in [3.05, 3.63) is 12.2 Å². The molecule has 0 amide bonds. The van der Waals surface area contributed by atoms with Gasteiger partial charge in [0.2, 0.25) is 0 Å². The van der Waals surface area contributed by atoms with E-state index in [2.05, 4.69) is 23.6 Å². The van der Waals surface area contributed by atoms with Crippen molar-refractivity contribution >= 4 is 19.8 Å². The first-order valence-electron chi connectivity index (χ1n) is 14.0. The molecule has 0 saturated heterocycles. The van der Waals surface area contributed by atoms with Gasteiger partial charge in [0.1, 0.15) is 6.61 Å². The zero-order valence-corrected chi connectivity index (χ0v) is 24.3. The Labute approximate surface area is 224 Å². The highest BCUT2D eigenvalue weighted by atomic mass is 31.2. The van der Waals surface area contributed by atoms with Crippen LogP contribution >= 0.6 is 7.82 Å². The van der Waals surface area contributed by atoms with Crippen molar-refractivity contribution in [2.45, 2.75) is 117 Å². The van der Waals surface area contributed by atoms with Crippen LogP contribution in [0.15, 0.2) is 12.2 Å². The van der Waals surface area contributed by atoms with Crippen LogP contribution in [0, 0.1) is 5.92 Å². The van der Waals surface area contributed by atoms with Gasteiger partial charge in [0.25, 0.3) is 0 Å². The zero-order chi connectivity index (χ0) is 27.8. The molecule has 37 heavy (non-hydrogen) atoms. The number of phosphoric acid groups is 1. The fourth-order valence-electron chi connectivity index (χ4n) is 3.40. The summed E-state index contributed by atoms with van der Waals surface area (Å²) in [5.41, 5.74) is 5.24. The molecule has 0 aromatic rings. The molecule has 0 fully saturated rings. The minimum atomic E-state index is -4.34. The van der Waals surface area contributed by atoms with E-state index in [1.165, 1.54) is 44.9 Å². The number of rotatable bonds is 25. The van der Waals surface area contributed by atoms with Crippen molar-refractivity contribution in [3.63, 3.8) is 0 Å². The summed E-state index contributed by atoms with van der Waals surface area (Å²) in [5, 5.41) is 0. The summed E-state index contributed by atoms with van der Waals surface area (Å²) in [6.07, 6.45) is 19.1. The molecular formula is C27H52NO8P. The van der Waals surface area contributed by atoms with E-state index in [4.69, 9.17) is 19.7 Å². The monoisotopic (exact) mass is 549 g/mol. The van der Waals surface area contributed by atoms with Crippen molar-refractivity contribution in [3.8, 4) is 0 Å². The third kappa shape index (κ3) is 23.6. The molecule has 0 aromatic carbocycles. The number of esters is 2. The summed E-state index contributed by atoms with van der Waals surface area (Å²) in [6.45, 7) is 4.73. The van der Waals surface area contributed by atoms with Crippen LogP contribution in [0.5, 0.6) is 0 Å². The lowest BCUT2D eigenvalue weighted by molar-refractivity contribution is -0.163. The number of hydrogen-bond acceptors (Lipinski definition) is 8. The molecule has 218 valence electrons. The number of unbranched alkanes of at least 4 members (excludes halogenated alkanes) is 11. The summed E-state index contributed by atoms with van der Waals surface area (Å²) in [4.78, 5) is 33.6. The van der Waals surface area contributed by atoms with Gasteiger partial charge < -0.3 is 20.1 Å². The smallest absolute Gasteiger partial charge is 0.462 e. The second-order valence-electron chi connectivity index (χ2n) is 9.62. The molecule has 0 bridgehead atoms. The summed E-state index contributed by atoms with van der Waals surface area (Å²) in [5.74, 6) is -1.35. The number of nitrogens with two attached hydrogens (primary N) is 1. The highest BCUT2D eigenvalue weighted by molar-refractivity contribution is 7.47. The van der Waals surface area contributed by atoms with E-state index in [1.807, 2.05) is 0 Å². The molecule has 2 atom stereocenters. The molecule has 3 N–H and O–H groups in total. The zero-order valence-electron chi connectivity index (χ0n) is 23.4. The molecule has 9 nitrogen and oxygen atoms in total. The van der Waals surface area contributed by atoms with Crippen molar-refractivity contribution in [1.29, 1.82) is 0 Å². The van der Waals surface area contributed by atoms with Gasteiger partial charge in [-0.1, -0.05) is 84.3 Å². The normalized spacial score (nSPS) is 14.1. The van der Waals surface area contributed by atoms with E-state index in [-0.39, 0.29) is 26.2 Å². The summed E-state index contributed by atoms with van der Waals surface area (Å²) in [6, 6.07) is 0. The molecule has 0 heterocycles. The predicted molar refractivity (Wildman–Crippen MR) is 146 cm³/mol. The fourth-order valence-corrected chi connectivity index (χ4v) is 4.16. The maximum atomic E-state index is 12.1. The molecule has 1 unspecified atom stereocenters. The quantitative estimate of drug-likeness (QED) is 0.0588. The van der Waals surface area contributed by atoms with Gasteiger partial charge >= 0.3 is 19.8 Å². The Hall–Kier alpha value is -1.25. The summed E-state index contributed by atoms with van der Waals surface area (Å²) < 4.78 is 31.8. The molecule has 0 aliphatic heterocycles. The van der Waals surface area contributed by atoms with E-state index in [0.29, 0.717) is 0 Å². The van der Waals surface area contributed by atoms with Crippen LogP contribution in [-0.4, -0.2) is 49.3 Å². The Kier molecular flexibility index (Phi) is 23.0. The van der Waals surface area contributed by atoms with Crippen molar-refractivity contribution in [1.82, 2.24) is 0 Å². The second-order valence-corrected chi connectivity index (χ2v) is 11.1. The van der Waals surface area contributed by atoms with Gasteiger partial charge in [0, 0.05) is 13.0 Å². The third-order valence-corrected chi connectivity index (χ3v) is 6.61. The number of hydrogen-bond donors (Lipinski definition) is 2. The Morgan fingerprint density at radius 3 is 2.00 bits per heavy atom. The van der Waals surface area contributed by atoms with Crippen LogP contribution in [0.2, 0.25) is 0 Å². The molecule has 0 rings (SSSR count). The molecular weight excluding hydrogens is 497 g/mol. The van der Waals surface area contributed by atoms with Gasteiger partial charge in [-0.25, -0.2) is 4.57 Å². The maximum Gasteiger partial charge on any atom is 0.472 e. The lowest BCUT2D eigenvalue weighted by Gasteiger charge is -2.20. The Morgan fingerprint density at radius 1 is 0.865 bits per heavy atom. The SMILES string of the molecule is CCCCCCCC/C=C\CCCCCCCC(=O)OC[C@H](COP(=O)(O)OCCN)OC(=O)C(C)C. The highest BCUT2D eigenvalue weighted by Crippen LogP contribution is 2.43. The first-order valence-corrected chi connectivity index (χ1v) is 15.5. The largest absolute Gasteiger partial charge is 0.472 e. The summed E-state index contributed by atoms with van der Waals surface area (Å²) >= 11 is 0. The molecule has 0 saturated carbocycles. The van der Waals surface area contributed by atoms with Gasteiger partial charge in [-0.2, -0.15) is 0 Å². The number of allylic oxidation sites excluding steroid dienone is 2. The molecule has 10 heteroatoms. The minimum Gasteiger partial charge on any atom is -0.462 e. The number of ether oxygens (including phenoxy) is 2. The molecule has 0 aliphatic rings. The van der Waals surface area contributed by atoms with E-state index in [0.717, 1.165) is 38.5 Å². The van der Waals surface area contributed by atoms with Crippen molar-refractivity contribution in [2.24, 2.45) is 11.7 Å². The van der Waals surface area contributed by atoms with E-state index in [9.17, 15) is 19.0 Å². The van der Waals surface area contributed by atoms with Gasteiger partial charge in [0.05, 0.1) is 19.1 Å². The van der Waals surface area contributed by atoms with Crippen LogP contribution in [0.3, 0.4) is 0 Å². The van der Waals surface area contributed by atoms with E-state index in [1.54, 1.807) is 13.8 Å². The Morgan fingerprint density at radius 2 is 1.43 bits per heavy atom.